The van der Waals surface area contributed by atoms with E-state index in [0.29, 0.717) is 6.61 Å². The molecule has 74 valence electrons. The topological polar surface area (TPSA) is 35.5 Å². The molecule has 1 aliphatic rings. The minimum absolute atomic E-state index is 0.244. The first-order chi connectivity index (χ1) is 6.72. The standard InChI is InChI=1S/C10H9BrO3/c1-13-10(12)8-5-14-9-4-6(11)2-3-7(8)9/h2-4,8H,5H2,1H3. The van der Waals surface area contributed by atoms with E-state index in [-0.39, 0.29) is 11.9 Å². The third-order valence-corrected chi connectivity index (χ3v) is 2.74. The van der Waals surface area contributed by atoms with Crippen molar-refractivity contribution < 1.29 is 14.3 Å². The molecule has 0 fully saturated rings. The van der Waals surface area contributed by atoms with Crippen molar-refractivity contribution in [3.8, 4) is 5.75 Å². The predicted molar refractivity (Wildman–Crippen MR) is 54.4 cm³/mol. The van der Waals surface area contributed by atoms with Crippen LogP contribution in [-0.2, 0) is 9.53 Å². The summed E-state index contributed by atoms with van der Waals surface area (Å²) in [7, 11) is 1.39. The minimum atomic E-state index is -0.275. The molecule has 1 aromatic rings. The maximum Gasteiger partial charge on any atom is 0.316 e. The van der Waals surface area contributed by atoms with Crippen LogP contribution in [0.3, 0.4) is 0 Å². The molecule has 0 radical (unpaired) electrons. The van der Waals surface area contributed by atoms with Gasteiger partial charge in [0.15, 0.2) is 0 Å². The van der Waals surface area contributed by atoms with Crippen LogP contribution in [0.5, 0.6) is 5.75 Å². The third kappa shape index (κ3) is 1.50. The Labute approximate surface area is 90.1 Å². The zero-order valence-electron chi connectivity index (χ0n) is 7.62. The number of methoxy groups -OCH3 is 1. The van der Waals surface area contributed by atoms with Gasteiger partial charge in [-0.05, 0) is 12.1 Å². The van der Waals surface area contributed by atoms with Crippen molar-refractivity contribution in [3.05, 3.63) is 28.2 Å². The number of halogens is 1. The highest BCUT2D eigenvalue weighted by atomic mass is 79.9. The lowest BCUT2D eigenvalue weighted by Gasteiger charge is -2.05. The Morgan fingerprint density at radius 1 is 1.64 bits per heavy atom. The van der Waals surface area contributed by atoms with Crippen LogP contribution in [0.1, 0.15) is 11.5 Å². The van der Waals surface area contributed by atoms with Crippen LogP contribution in [-0.4, -0.2) is 19.7 Å². The first kappa shape index (κ1) is 9.52. The van der Waals surface area contributed by atoms with E-state index in [9.17, 15) is 4.79 Å². The molecule has 1 aromatic carbocycles. The Bertz CT molecular complexity index is 376. The van der Waals surface area contributed by atoms with Crippen LogP contribution in [0.15, 0.2) is 22.7 Å². The van der Waals surface area contributed by atoms with Crippen molar-refractivity contribution in [1.82, 2.24) is 0 Å². The van der Waals surface area contributed by atoms with Gasteiger partial charge in [-0.3, -0.25) is 4.79 Å². The largest absolute Gasteiger partial charge is 0.492 e. The highest BCUT2D eigenvalue weighted by molar-refractivity contribution is 9.10. The Hall–Kier alpha value is -1.03. The molecule has 1 heterocycles. The molecule has 0 bridgehead atoms. The van der Waals surface area contributed by atoms with Crippen molar-refractivity contribution in [2.45, 2.75) is 5.92 Å². The van der Waals surface area contributed by atoms with E-state index in [1.807, 2.05) is 18.2 Å². The van der Waals surface area contributed by atoms with E-state index in [1.165, 1.54) is 7.11 Å². The summed E-state index contributed by atoms with van der Waals surface area (Å²) >= 11 is 3.34. The van der Waals surface area contributed by atoms with Gasteiger partial charge in [0.1, 0.15) is 18.3 Å². The van der Waals surface area contributed by atoms with Crippen molar-refractivity contribution in [2.75, 3.05) is 13.7 Å². The van der Waals surface area contributed by atoms with Gasteiger partial charge in [0.05, 0.1) is 7.11 Å². The van der Waals surface area contributed by atoms with Gasteiger partial charge in [0.2, 0.25) is 0 Å². The molecule has 0 aromatic heterocycles. The summed E-state index contributed by atoms with van der Waals surface area (Å²) in [5.74, 6) is 0.240. The van der Waals surface area contributed by atoms with Crippen LogP contribution in [0.25, 0.3) is 0 Å². The van der Waals surface area contributed by atoms with E-state index in [0.717, 1.165) is 15.8 Å². The number of rotatable bonds is 1. The summed E-state index contributed by atoms with van der Waals surface area (Å²) in [5, 5.41) is 0. The zero-order chi connectivity index (χ0) is 10.1. The second kappa shape index (κ2) is 3.61. The Kier molecular flexibility index (Phi) is 2.46. The van der Waals surface area contributed by atoms with Gasteiger partial charge in [0, 0.05) is 10.0 Å². The normalized spacial score (nSPS) is 18.6. The molecule has 0 N–H and O–H groups in total. The number of hydrogen-bond donors (Lipinski definition) is 0. The molecule has 1 atom stereocenters. The van der Waals surface area contributed by atoms with Gasteiger partial charge in [-0.15, -0.1) is 0 Å². The van der Waals surface area contributed by atoms with E-state index < -0.39 is 0 Å². The number of ether oxygens (including phenoxy) is 2. The van der Waals surface area contributed by atoms with Crippen LogP contribution in [0.4, 0.5) is 0 Å². The molecule has 0 saturated heterocycles. The second-order valence-electron chi connectivity index (χ2n) is 3.07. The predicted octanol–water partition coefficient (Wildman–Crippen LogP) is 2.10. The quantitative estimate of drug-likeness (QED) is 0.723. The lowest BCUT2D eigenvalue weighted by Crippen LogP contribution is -2.15. The van der Waals surface area contributed by atoms with Crippen LogP contribution < -0.4 is 4.74 Å². The van der Waals surface area contributed by atoms with Gasteiger partial charge in [-0.1, -0.05) is 22.0 Å². The molecule has 3 nitrogen and oxygen atoms in total. The fourth-order valence-electron chi connectivity index (χ4n) is 1.52. The number of esters is 1. The molecule has 2 rings (SSSR count). The van der Waals surface area contributed by atoms with Gasteiger partial charge >= 0.3 is 5.97 Å². The van der Waals surface area contributed by atoms with Crippen molar-refractivity contribution in [1.29, 1.82) is 0 Å². The van der Waals surface area contributed by atoms with Crippen molar-refractivity contribution in [2.24, 2.45) is 0 Å². The summed E-state index contributed by atoms with van der Waals surface area (Å²) in [6.07, 6.45) is 0. The second-order valence-corrected chi connectivity index (χ2v) is 3.98. The Morgan fingerprint density at radius 2 is 2.43 bits per heavy atom. The van der Waals surface area contributed by atoms with E-state index in [1.54, 1.807) is 0 Å². The fraction of sp³-hybridized carbons (Fsp3) is 0.300. The highest BCUT2D eigenvalue weighted by Crippen LogP contribution is 2.36. The smallest absolute Gasteiger partial charge is 0.316 e. The molecular weight excluding hydrogens is 248 g/mol. The summed E-state index contributed by atoms with van der Waals surface area (Å²) < 4.78 is 11.0. The molecule has 0 spiro atoms. The molecular formula is C10H9BrO3. The molecule has 4 heteroatoms. The SMILES string of the molecule is COC(=O)C1COc2cc(Br)ccc21. The number of benzene rings is 1. The van der Waals surface area contributed by atoms with Crippen molar-refractivity contribution >= 4 is 21.9 Å². The number of fused-ring (bicyclic) bond motifs is 1. The van der Waals surface area contributed by atoms with Gasteiger partial charge in [-0.25, -0.2) is 0 Å². The average molecular weight is 257 g/mol. The number of carbonyl (C=O) groups excluding carboxylic acids is 1. The molecule has 14 heavy (non-hydrogen) atoms. The first-order valence-corrected chi connectivity index (χ1v) is 5.01. The molecule has 0 amide bonds. The fourth-order valence-corrected chi connectivity index (χ4v) is 1.86. The summed E-state index contributed by atoms with van der Waals surface area (Å²) in [6.45, 7) is 0.373. The van der Waals surface area contributed by atoms with E-state index in [2.05, 4.69) is 15.9 Å². The first-order valence-electron chi connectivity index (χ1n) is 4.22. The van der Waals surface area contributed by atoms with Crippen LogP contribution >= 0.6 is 15.9 Å². The highest BCUT2D eigenvalue weighted by Gasteiger charge is 2.30. The van der Waals surface area contributed by atoms with Gasteiger partial charge in [0.25, 0.3) is 0 Å². The molecule has 0 saturated carbocycles. The maximum atomic E-state index is 11.3. The molecule has 0 aliphatic carbocycles. The Balaban J connectivity index is 2.35. The average Bonchev–Trinajstić information content (AvgIpc) is 2.59. The molecule has 1 aliphatic heterocycles. The van der Waals surface area contributed by atoms with E-state index in [4.69, 9.17) is 9.47 Å². The number of hydrogen-bond acceptors (Lipinski definition) is 3. The maximum absolute atomic E-state index is 11.3. The minimum Gasteiger partial charge on any atom is -0.492 e. The summed E-state index contributed by atoms with van der Waals surface area (Å²) in [5.41, 5.74) is 0.903. The Morgan fingerprint density at radius 3 is 3.14 bits per heavy atom. The lowest BCUT2D eigenvalue weighted by atomic mass is 10.0. The third-order valence-electron chi connectivity index (χ3n) is 2.24. The van der Waals surface area contributed by atoms with Gasteiger partial charge in [-0.2, -0.15) is 0 Å². The zero-order valence-corrected chi connectivity index (χ0v) is 9.21. The number of carbonyl (C=O) groups is 1. The monoisotopic (exact) mass is 256 g/mol. The van der Waals surface area contributed by atoms with Crippen LogP contribution in [0, 0.1) is 0 Å². The van der Waals surface area contributed by atoms with Crippen LogP contribution in [0.2, 0.25) is 0 Å². The van der Waals surface area contributed by atoms with Gasteiger partial charge < -0.3 is 9.47 Å². The van der Waals surface area contributed by atoms with E-state index >= 15 is 0 Å². The summed E-state index contributed by atoms with van der Waals surface area (Å²) in [6, 6.07) is 5.63. The summed E-state index contributed by atoms with van der Waals surface area (Å²) in [4.78, 5) is 11.3. The molecule has 1 unspecified atom stereocenters. The lowest BCUT2D eigenvalue weighted by molar-refractivity contribution is -0.142. The van der Waals surface area contributed by atoms with Crippen molar-refractivity contribution in [3.63, 3.8) is 0 Å².